The van der Waals surface area contributed by atoms with Gasteiger partial charge in [0.05, 0.1) is 11.1 Å². The maximum absolute atomic E-state index is 15.5. The predicted molar refractivity (Wildman–Crippen MR) is 175 cm³/mol. The van der Waals surface area contributed by atoms with Crippen LogP contribution in [0, 0.1) is 0 Å². The summed E-state index contributed by atoms with van der Waals surface area (Å²) in [5.74, 6) is -1.77. The number of halogens is 2. The van der Waals surface area contributed by atoms with Gasteiger partial charge in [0, 0.05) is 19.5 Å². The highest BCUT2D eigenvalue weighted by Crippen LogP contribution is 2.35. The summed E-state index contributed by atoms with van der Waals surface area (Å²) in [5.41, 5.74) is 4.45. The molecule has 0 fully saturated rings. The number of unbranched alkanes of at least 4 members (excludes halogenated alkanes) is 1. The Morgan fingerprint density at radius 1 is 0.739 bits per heavy atom. The Labute approximate surface area is 269 Å². The van der Waals surface area contributed by atoms with Crippen molar-refractivity contribution in [2.75, 3.05) is 13.1 Å². The maximum atomic E-state index is 15.5. The molecule has 0 radical (unpaired) electrons. The summed E-state index contributed by atoms with van der Waals surface area (Å²) in [4.78, 5) is 24.3. The minimum Gasteiger partial charge on any atom is -0.481 e. The summed E-state index contributed by atoms with van der Waals surface area (Å²) in [7, 11) is 0. The molecule has 0 saturated carbocycles. The number of aliphatic carboxylic acids is 1. The molecule has 0 saturated heterocycles. The number of carboxylic acids is 2. The van der Waals surface area contributed by atoms with E-state index in [1.54, 1.807) is 54.6 Å². The van der Waals surface area contributed by atoms with Gasteiger partial charge in [-0.15, -0.1) is 0 Å². The first-order chi connectivity index (χ1) is 21.8. The highest BCUT2D eigenvalue weighted by Gasteiger charge is 2.35. The van der Waals surface area contributed by atoms with Crippen LogP contribution in [0.3, 0.4) is 0 Å². The molecule has 4 aromatic carbocycles. The van der Waals surface area contributed by atoms with E-state index in [-0.39, 0.29) is 28.7 Å². The average molecular weight is 630 g/mol. The van der Waals surface area contributed by atoms with Crippen LogP contribution in [0.5, 0.6) is 5.75 Å². The molecule has 0 unspecified atom stereocenters. The van der Waals surface area contributed by atoms with Crippen molar-refractivity contribution >= 4 is 11.9 Å². The number of alkyl halides is 2. The molecule has 2 N–H and O–H groups in total. The third kappa shape index (κ3) is 9.72. The first-order valence-corrected chi connectivity index (χ1v) is 15.4. The molecule has 6 nitrogen and oxygen atoms in total. The van der Waals surface area contributed by atoms with Crippen LogP contribution in [-0.4, -0.2) is 40.1 Å². The highest BCUT2D eigenvalue weighted by molar-refractivity contribution is 5.87. The fourth-order valence-corrected chi connectivity index (χ4v) is 5.20. The largest absolute Gasteiger partial charge is 0.481 e. The van der Waals surface area contributed by atoms with Crippen molar-refractivity contribution in [2.24, 2.45) is 0 Å². The van der Waals surface area contributed by atoms with E-state index < -0.39 is 18.0 Å². The third-order valence-corrected chi connectivity index (χ3v) is 7.94. The average Bonchev–Trinajstić information content (AvgIpc) is 3.02. The van der Waals surface area contributed by atoms with Crippen molar-refractivity contribution in [1.29, 1.82) is 0 Å². The van der Waals surface area contributed by atoms with Gasteiger partial charge in [-0.3, -0.25) is 9.69 Å². The maximum Gasteiger partial charge on any atom is 0.426 e. The van der Waals surface area contributed by atoms with Crippen molar-refractivity contribution in [1.82, 2.24) is 4.90 Å². The van der Waals surface area contributed by atoms with E-state index >= 15 is 8.78 Å². The van der Waals surface area contributed by atoms with Crippen molar-refractivity contribution in [2.45, 2.75) is 64.5 Å². The van der Waals surface area contributed by atoms with Crippen LogP contribution in [0.1, 0.15) is 72.6 Å². The Hall–Kier alpha value is -4.56. The van der Waals surface area contributed by atoms with Crippen molar-refractivity contribution in [3.63, 3.8) is 0 Å². The van der Waals surface area contributed by atoms with E-state index in [1.165, 1.54) is 23.8 Å². The molecule has 0 amide bonds. The molecule has 4 rings (SSSR count). The third-order valence-electron chi connectivity index (χ3n) is 7.94. The molecular formula is C38H41F2NO5. The fourth-order valence-electron chi connectivity index (χ4n) is 5.20. The lowest BCUT2D eigenvalue weighted by Crippen LogP contribution is -2.27. The number of hydrogen-bond acceptors (Lipinski definition) is 4. The standard InChI is InChI=1S/C38H41F2NO5/c1-37(2,3)32-19-15-28(16-20-32)29-17-21-33(22-18-29)38(39,40)46-34-9-5-4-8-30(34)23-25-41(24-7-6-10-35(42)43)26-27-11-13-31(14-12-27)36(44)45/h4-5,8-9,11-22H,6-7,10,23-26H2,1-3H3,(H,42,43)(H,44,45). The van der Waals surface area contributed by atoms with E-state index in [2.05, 4.69) is 37.8 Å². The minimum absolute atomic E-state index is 0.0219. The topological polar surface area (TPSA) is 87.1 Å². The van der Waals surface area contributed by atoms with Crippen molar-refractivity contribution in [3.8, 4) is 16.9 Å². The van der Waals surface area contributed by atoms with Crippen LogP contribution in [0.4, 0.5) is 8.78 Å². The van der Waals surface area contributed by atoms with Gasteiger partial charge in [-0.1, -0.05) is 87.5 Å². The van der Waals surface area contributed by atoms with Gasteiger partial charge in [0.2, 0.25) is 0 Å². The zero-order chi connectivity index (χ0) is 33.3. The summed E-state index contributed by atoms with van der Waals surface area (Å²) in [6.45, 7) is 8.02. The smallest absolute Gasteiger partial charge is 0.426 e. The van der Waals surface area contributed by atoms with Crippen LogP contribution in [0.2, 0.25) is 0 Å². The zero-order valence-corrected chi connectivity index (χ0v) is 26.5. The number of nitrogens with zero attached hydrogens (tertiary/aromatic N) is 1. The van der Waals surface area contributed by atoms with Gasteiger partial charge in [-0.2, -0.15) is 8.78 Å². The fraction of sp³-hybridized carbons (Fsp3) is 0.316. The molecule has 0 aromatic heterocycles. The second-order valence-electron chi connectivity index (χ2n) is 12.5. The first kappa shape index (κ1) is 34.3. The molecule has 4 aromatic rings. The lowest BCUT2D eigenvalue weighted by atomic mass is 9.86. The number of carboxylic acid groups (broad SMARTS) is 2. The van der Waals surface area contributed by atoms with Gasteiger partial charge in [0.25, 0.3) is 0 Å². The van der Waals surface area contributed by atoms with Gasteiger partial charge in [0.1, 0.15) is 5.75 Å². The predicted octanol–water partition coefficient (Wildman–Crippen LogP) is 8.78. The van der Waals surface area contributed by atoms with E-state index in [1.807, 2.05) is 12.1 Å². The minimum atomic E-state index is -3.56. The molecule has 0 aliphatic carbocycles. The number of para-hydroxylation sites is 1. The summed E-state index contributed by atoms with van der Waals surface area (Å²) in [6, 6.07) is 27.6. The Balaban J connectivity index is 1.44. The SMILES string of the molecule is CC(C)(C)c1ccc(-c2ccc(C(F)(F)Oc3ccccc3CCN(CCCCC(=O)O)Cc3ccc(C(=O)O)cc3)cc2)cc1. The molecule has 0 atom stereocenters. The summed E-state index contributed by atoms with van der Waals surface area (Å²) >= 11 is 0. The molecule has 242 valence electrons. The van der Waals surface area contributed by atoms with Gasteiger partial charge < -0.3 is 14.9 Å². The zero-order valence-electron chi connectivity index (χ0n) is 26.5. The number of hydrogen-bond donors (Lipinski definition) is 2. The molecule has 0 spiro atoms. The van der Waals surface area contributed by atoms with Gasteiger partial charge in [-0.05, 0) is 89.4 Å². The summed E-state index contributed by atoms with van der Waals surface area (Å²) in [6.07, 6.45) is -1.92. The van der Waals surface area contributed by atoms with Gasteiger partial charge in [0.15, 0.2) is 0 Å². The lowest BCUT2D eigenvalue weighted by Gasteiger charge is -2.24. The monoisotopic (exact) mass is 629 g/mol. The van der Waals surface area contributed by atoms with Crippen LogP contribution in [0.25, 0.3) is 11.1 Å². The molecule has 0 aliphatic heterocycles. The van der Waals surface area contributed by atoms with Crippen LogP contribution >= 0.6 is 0 Å². The molecular weight excluding hydrogens is 588 g/mol. The second-order valence-corrected chi connectivity index (χ2v) is 12.5. The Bertz CT molecular complexity index is 1590. The summed E-state index contributed by atoms with van der Waals surface area (Å²) in [5, 5.41) is 18.2. The van der Waals surface area contributed by atoms with Crippen LogP contribution in [-0.2, 0) is 29.3 Å². The Kier molecular flexibility index (Phi) is 11.3. The van der Waals surface area contributed by atoms with Crippen molar-refractivity contribution < 1.29 is 33.3 Å². The number of rotatable bonds is 15. The first-order valence-electron chi connectivity index (χ1n) is 15.4. The van der Waals surface area contributed by atoms with E-state index in [0.717, 1.165) is 16.7 Å². The number of carbonyl (C=O) groups is 2. The molecule has 46 heavy (non-hydrogen) atoms. The summed E-state index contributed by atoms with van der Waals surface area (Å²) < 4.78 is 36.3. The second kappa shape index (κ2) is 15.1. The normalized spacial score (nSPS) is 11.9. The van der Waals surface area contributed by atoms with E-state index in [4.69, 9.17) is 9.84 Å². The molecule has 8 heteroatoms. The van der Waals surface area contributed by atoms with Crippen molar-refractivity contribution in [3.05, 3.63) is 125 Å². The Morgan fingerprint density at radius 3 is 1.89 bits per heavy atom. The van der Waals surface area contributed by atoms with Crippen LogP contribution in [0.15, 0.2) is 97.1 Å². The number of benzene rings is 4. The highest BCUT2D eigenvalue weighted by atomic mass is 19.3. The van der Waals surface area contributed by atoms with Gasteiger partial charge in [-0.25, -0.2) is 4.79 Å². The number of ether oxygens (including phenoxy) is 1. The molecule has 0 bridgehead atoms. The van der Waals surface area contributed by atoms with Gasteiger partial charge >= 0.3 is 18.0 Å². The molecule has 0 aliphatic rings. The van der Waals surface area contributed by atoms with E-state index in [9.17, 15) is 14.7 Å². The molecule has 0 heterocycles. The quantitative estimate of drug-likeness (QED) is 0.128. The van der Waals surface area contributed by atoms with E-state index in [0.29, 0.717) is 44.5 Å². The lowest BCUT2D eigenvalue weighted by molar-refractivity contribution is -0.185. The van der Waals surface area contributed by atoms with Crippen LogP contribution < -0.4 is 4.74 Å². The Morgan fingerprint density at radius 2 is 1.33 bits per heavy atom. The number of aromatic carboxylic acids is 1.